The summed E-state index contributed by atoms with van der Waals surface area (Å²) in [5, 5.41) is 3.30. The van der Waals surface area contributed by atoms with Crippen LogP contribution in [-0.4, -0.2) is 82.5 Å². The summed E-state index contributed by atoms with van der Waals surface area (Å²) < 4.78 is 26.8. The van der Waals surface area contributed by atoms with E-state index in [9.17, 15) is 18.8 Å². The fourth-order valence-electron chi connectivity index (χ4n) is 7.41. The maximum absolute atomic E-state index is 13.6. The van der Waals surface area contributed by atoms with Crippen molar-refractivity contribution in [3.63, 3.8) is 0 Å². The van der Waals surface area contributed by atoms with E-state index in [-0.39, 0.29) is 69.7 Å². The van der Waals surface area contributed by atoms with E-state index in [1.54, 1.807) is 24.7 Å². The van der Waals surface area contributed by atoms with Crippen LogP contribution in [0.4, 0.5) is 4.39 Å². The lowest BCUT2D eigenvalue weighted by atomic mass is 9.77. The molecule has 1 aromatic heterocycles. The molecule has 3 aromatic rings. The molecular formula is C39H55FN4O5. The van der Waals surface area contributed by atoms with Gasteiger partial charge in [-0.3, -0.25) is 14.4 Å². The molecule has 2 aromatic carbocycles. The quantitative estimate of drug-likeness (QED) is 0.325. The molecule has 4 aliphatic rings. The molecular weight excluding hydrogens is 623 g/mol. The number of carbonyl (C=O) groups excluding carboxylic acids is 3. The molecule has 0 bridgehead atoms. The van der Waals surface area contributed by atoms with Crippen LogP contribution < -0.4 is 5.32 Å². The fraction of sp³-hybridized carbons (Fsp3) is 0.538. The van der Waals surface area contributed by atoms with Crippen LogP contribution in [0.1, 0.15) is 90.8 Å². The molecule has 0 radical (unpaired) electrons. The molecule has 49 heavy (non-hydrogen) atoms. The first-order valence-electron chi connectivity index (χ1n) is 16.2. The monoisotopic (exact) mass is 678 g/mol. The Bertz CT molecular complexity index is 1590. The van der Waals surface area contributed by atoms with Crippen molar-refractivity contribution in [2.24, 2.45) is 11.8 Å². The Morgan fingerprint density at radius 1 is 0.939 bits per heavy atom. The SMILES string of the molecule is C.C.C.C[C@@H](c1ccccc1-c1ccc(F)cc1)n1cncc1C(=O)N1CC[C@H]2CC(=O)CO[C@]2(C)C1.C[C@@]12CNCC[C@H]1CC(=O)CO2. The van der Waals surface area contributed by atoms with E-state index in [1.807, 2.05) is 47.6 Å². The van der Waals surface area contributed by atoms with Gasteiger partial charge in [0.15, 0.2) is 11.6 Å². The average molecular weight is 679 g/mol. The van der Waals surface area contributed by atoms with Gasteiger partial charge < -0.3 is 24.3 Å². The highest BCUT2D eigenvalue weighted by molar-refractivity contribution is 5.93. The number of fused-ring (bicyclic) bond motifs is 2. The first-order chi connectivity index (χ1) is 22.1. The summed E-state index contributed by atoms with van der Waals surface area (Å²) in [6.07, 6.45) is 6.35. The number of aromatic nitrogens is 2. The van der Waals surface area contributed by atoms with Crippen molar-refractivity contribution in [3.8, 4) is 11.1 Å². The van der Waals surface area contributed by atoms with Gasteiger partial charge in [0, 0.05) is 25.9 Å². The number of carbonyl (C=O) groups is 3. The van der Waals surface area contributed by atoms with Crippen LogP contribution in [-0.2, 0) is 19.1 Å². The molecule has 1 amide bonds. The van der Waals surface area contributed by atoms with Gasteiger partial charge in [0.05, 0.1) is 36.3 Å². The van der Waals surface area contributed by atoms with Crippen molar-refractivity contribution in [3.05, 3.63) is 78.1 Å². The number of hydrogen-bond donors (Lipinski definition) is 1. The molecule has 5 heterocycles. The Labute approximate surface area is 291 Å². The molecule has 0 saturated carbocycles. The zero-order chi connectivity index (χ0) is 32.5. The van der Waals surface area contributed by atoms with Crippen LogP contribution in [0.15, 0.2) is 61.1 Å². The summed E-state index contributed by atoms with van der Waals surface area (Å²) in [6, 6.07) is 14.2. The molecule has 0 spiro atoms. The molecule has 4 aliphatic heterocycles. The highest BCUT2D eigenvalue weighted by Gasteiger charge is 2.46. The number of nitrogens with one attached hydrogen (secondary N) is 1. The summed E-state index contributed by atoms with van der Waals surface area (Å²) >= 11 is 0. The summed E-state index contributed by atoms with van der Waals surface area (Å²) in [7, 11) is 0. The van der Waals surface area contributed by atoms with E-state index in [1.165, 1.54) is 12.1 Å². The number of hydrogen-bond acceptors (Lipinski definition) is 7. The average Bonchev–Trinajstić information content (AvgIpc) is 3.55. The topological polar surface area (TPSA) is 103 Å². The van der Waals surface area contributed by atoms with E-state index >= 15 is 0 Å². The lowest BCUT2D eigenvalue weighted by Gasteiger charge is -2.48. The third-order valence-corrected chi connectivity index (χ3v) is 10.4. The van der Waals surface area contributed by atoms with E-state index in [0.29, 0.717) is 37.7 Å². The van der Waals surface area contributed by atoms with Crippen LogP contribution in [0, 0.1) is 17.7 Å². The molecule has 4 fully saturated rings. The van der Waals surface area contributed by atoms with Gasteiger partial charge in [-0.1, -0.05) is 58.7 Å². The van der Waals surface area contributed by atoms with Gasteiger partial charge in [0.2, 0.25) is 0 Å². The molecule has 9 nitrogen and oxygen atoms in total. The number of ether oxygens (including phenoxy) is 2. The zero-order valence-corrected chi connectivity index (χ0v) is 26.8. The molecule has 10 heteroatoms. The maximum atomic E-state index is 13.6. The number of benzene rings is 2. The first kappa shape index (κ1) is 39.7. The van der Waals surface area contributed by atoms with Gasteiger partial charge in [0.1, 0.15) is 24.7 Å². The summed E-state index contributed by atoms with van der Waals surface area (Å²) in [4.78, 5) is 42.6. The Morgan fingerprint density at radius 2 is 1.57 bits per heavy atom. The van der Waals surface area contributed by atoms with Crippen molar-refractivity contribution < 1.29 is 28.2 Å². The van der Waals surface area contributed by atoms with E-state index in [2.05, 4.69) is 17.2 Å². The minimum absolute atomic E-state index is 0. The fourth-order valence-corrected chi connectivity index (χ4v) is 7.41. The predicted molar refractivity (Wildman–Crippen MR) is 191 cm³/mol. The smallest absolute Gasteiger partial charge is 0.272 e. The number of ketones is 2. The second-order valence-electron chi connectivity index (χ2n) is 13.5. The highest BCUT2D eigenvalue weighted by Crippen LogP contribution is 2.38. The lowest BCUT2D eigenvalue weighted by Crippen LogP contribution is -2.58. The molecule has 0 unspecified atom stereocenters. The number of rotatable bonds is 4. The Kier molecular flexibility index (Phi) is 13.2. The van der Waals surface area contributed by atoms with Crippen LogP contribution in [0.25, 0.3) is 11.1 Å². The van der Waals surface area contributed by atoms with Crippen LogP contribution in [0.2, 0.25) is 0 Å². The van der Waals surface area contributed by atoms with Crippen molar-refractivity contribution >= 4 is 17.5 Å². The summed E-state index contributed by atoms with van der Waals surface area (Å²) in [5.41, 5.74) is 2.84. The van der Waals surface area contributed by atoms with E-state index in [4.69, 9.17) is 9.47 Å². The van der Waals surface area contributed by atoms with Crippen LogP contribution in [0.3, 0.4) is 0 Å². The molecule has 5 atom stereocenters. The number of likely N-dealkylation sites (tertiary alicyclic amines) is 1. The Morgan fingerprint density at radius 3 is 2.27 bits per heavy atom. The molecule has 268 valence electrons. The number of Topliss-reactive ketones (excluding diaryl/α,β-unsaturated/α-hetero) is 2. The number of amides is 1. The molecule has 0 aliphatic carbocycles. The normalized spacial score (nSPS) is 26.7. The van der Waals surface area contributed by atoms with Crippen LogP contribution >= 0.6 is 0 Å². The van der Waals surface area contributed by atoms with Gasteiger partial charge in [-0.05, 0) is 80.8 Å². The highest BCUT2D eigenvalue weighted by atomic mass is 19.1. The van der Waals surface area contributed by atoms with Gasteiger partial charge in [-0.15, -0.1) is 0 Å². The maximum Gasteiger partial charge on any atom is 0.272 e. The third kappa shape index (κ3) is 8.36. The summed E-state index contributed by atoms with van der Waals surface area (Å²) in [5.74, 6) is 0.613. The second kappa shape index (κ2) is 16.3. The summed E-state index contributed by atoms with van der Waals surface area (Å²) in [6.45, 7) is 9.53. The van der Waals surface area contributed by atoms with Crippen molar-refractivity contribution in [1.82, 2.24) is 19.8 Å². The zero-order valence-electron chi connectivity index (χ0n) is 26.8. The third-order valence-electron chi connectivity index (χ3n) is 10.4. The molecule has 1 N–H and O–H groups in total. The minimum Gasteiger partial charge on any atom is -0.366 e. The van der Waals surface area contributed by atoms with Gasteiger partial charge >= 0.3 is 0 Å². The lowest BCUT2D eigenvalue weighted by molar-refractivity contribution is -0.161. The van der Waals surface area contributed by atoms with Gasteiger partial charge in [0.25, 0.3) is 5.91 Å². The largest absolute Gasteiger partial charge is 0.366 e. The Hall–Kier alpha value is -3.73. The van der Waals surface area contributed by atoms with Gasteiger partial charge in [-0.25, -0.2) is 9.37 Å². The van der Waals surface area contributed by atoms with E-state index in [0.717, 1.165) is 49.0 Å². The van der Waals surface area contributed by atoms with Crippen molar-refractivity contribution in [2.75, 3.05) is 39.4 Å². The van der Waals surface area contributed by atoms with Crippen LogP contribution in [0.5, 0.6) is 0 Å². The first-order valence-corrected chi connectivity index (χ1v) is 16.2. The number of halogens is 1. The Balaban J connectivity index is 0.000000368. The molecule has 4 saturated heterocycles. The number of imidazole rings is 1. The van der Waals surface area contributed by atoms with Gasteiger partial charge in [-0.2, -0.15) is 0 Å². The predicted octanol–water partition coefficient (Wildman–Crippen LogP) is 6.76. The second-order valence-corrected chi connectivity index (χ2v) is 13.5. The van der Waals surface area contributed by atoms with E-state index < -0.39 is 5.60 Å². The standard InChI is InChI=1S/C27H28FN3O3.C9H15NO2.3CH4/c1-18(23-5-3-4-6-24(23)19-7-9-21(28)10-8-19)31-17-29-14-25(31)26(33)30-12-11-20-13-22(32)15-34-27(20,2)16-30;1-9-6-10-3-2-7(9)4-8(11)5-12-9;;;/h3-10,14,17-18,20H,11-13,15-16H2,1-2H3;7,10H,2-6H2,1H3;3*1H4/t18-,20-,27+;7-,9+;;;/m00.../s1. The minimum atomic E-state index is -0.506. The molecule has 7 rings (SSSR count). The number of nitrogens with zero attached hydrogens (tertiary/aromatic N) is 3. The van der Waals surface area contributed by atoms with Crippen molar-refractivity contribution in [1.29, 1.82) is 0 Å². The van der Waals surface area contributed by atoms with Crippen molar-refractivity contribution in [2.45, 2.75) is 86.0 Å². The number of piperidine rings is 2.